The lowest BCUT2D eigenvalue weighted by molar-refractivity contribution is -0.122. The molecule has 1 fully saturated rings. The van der Waals surface area contributed by atoms with Crippen LogP contribution in [0.25, 0.3) is 0 Å². The summed E-state index contributed by atoms with van der Waals surface area (Å²) in [6, 6.07) is 7.40. The minimum Gasteiger partial charge on any atom is -0.378 e. The number of carbonyl (C=O) groups is 2. The zero-order valence-electron chi connectivity index (χ0n) is 14.0. The third kappa shape index (κ3) is 6.86. The van der Waals surface area contributed by atoms with Crippen molar-refractivity contribution in [2.75, 3.05) is 26.3 Å². The third-order valence-electron chi connectivity index (χ3n) is 3.64. The number of halogens is 1. The third-order valence-corrected chi connectivity index (χ3v) is 3.64. The quantitative estimate of drug-likeness (QED) is 0.687. The molecule has 1 heterocycles. The highest BCUT2D eigenvalue weighted by Gasteiger charge is 2.16. The molecule has 0 bridgehead atoms. The van der Waals surface area contributed by atoms with Gasteiger partial charge in [-0.2, -0.15) is 0 Å². The van der Waals surface area contributed by atoms with Gasteiger partial charge < -0.3 is 20.7 Å². The summed E-state index contributed by atoms with van der Waals surface area (Å²) >= 11 is 0. The maximum Gasteiger partial charge on any atom is 0.251 e. The molecule has 1 unspecified atom stereocenters. The Balaban J connectivity index is 0.00000288. The fourth-order valence-corrected chi connectivity index (χ4v) is 2.41. The first-order valence-electron chi connectivity index (χ1n) is 8.14. The molecule has 134 valence electrons. The average molecular weight is 356 g/mol. The Morgan fingerprint density at radius 3 is 2.88 bits per heavy atom. The number of hydrogen-bond acceptors (Lipinski definition) is 4. The Bertz CT molecular complexity index is 534. The molecule has 1 aliphatic rings. The molecule has 1 aliphatic heterocycles. The van der Waals surface area contributed by atoms with Gasteiger partial charge in [0.1, 0.15) is 0 Å². The van der Waals surface area contributed by atoms with Gasteiger partial charge in [0.2, 0.25) is 5.91 Å². The Kier molecular flexibility index (Phi) is 9.37. The molecular weight excluding hydrogens is 330 g/mol. The molecule has 0 radical (unpaired) electrons. The van der Waals surface area contributed by atoms with E-state index in [1.807, 2.05) is 25.1 Å². The molecule has 0 aromatic heterocycles. The SMILES string of the molecule is CCCNC(=O)c1cccc(CNC(=O)CC2COCCN2)c1.Cl. The molecule has 6 nitrogen and oxygen atoms in total. The van der Waals surface area contributed by atoms with E-state index in [4.69, 9.17) is 4.74 Å². The summed E-state index contributed by atoms with van der Waals surface area (Å²) in [5.41, 5.74) is 1.53. The van der Waals surface area contributed by atoms with Gasteiger partial charge in [0.05, 0.1) is 13.2 Å². The molecule has 1 aromatic carbocycles. The normalized spacial score (nSPS) is 16.8. The van der Waals surface area contributed by atoms with Crippen LogP contribution < -0.4 is 16.0 Å². The highest BCUT2D eigenvalue weighted by Crippen LogP contribution is 2.06. The molecule has 1 atom stereocenters. The minimum absolute atomic E-state index is 0. The van der Waals surface area contributed by atoms with Gasteiger partial charge in [-0.25, -0.2) is 0 Å². The number of hydrogen-bond donors (Lipinski definition) is 3. The predicted octanol–water partition coefficient (Wildman–Crippen LogP) is 1.24. The van der Waals surface area contributed by atoms with E-state index >= 15 is 0 Å². The van der Waals surface area contributed by atoms with Gasteiger partial charge in [0, 0.05) is 37.7 Å². The van der Waals surface area contributed by atoms with Crippen molar-refractivity contribution < 1.29 is 14.3 Å². The van der Waals surface area contributed by atoms with E-state index in [0.29, 0.717) is 38.3 Å². The second-order valence-electron chi connectivity index (χ2n) is 5.66. The van der Waals surface area contributed by atoms with E-state index in [-0.39, 0.29) is 30.3 Å². The summed E-state index contributed by atoms with van der Waals surface area (Å²) in [5, 5.41) is 8.99. The summed E-state index contributed by atoms with van der Waals surface area (Å²) in [6.45, 7) is 5.15. The zero-order valence-corrected chi connectivity index (χ0v) is 14.8. The lowest BCUT2D eigenvalue weighted by atomic mass is 10.1. The van der Waals surface area contributed by atoms with E-state index in [0.717, 1.165) is 18.5 Å². The van der Waals surface area contributed by atoms with Crippen molar-refractivity contribution in [2.24, 2.45) is 0 Å². The summed E-state index contributed by atoms with van der Waals surface area (Å²) < 4.78 is 5.33. The summed E-state index contributed by atoms with van der Waals surface area (Å²) in [4.78, 5) is 23.9. The van der Waals surface area contributed by atoms with Gasteiger partial charge in [-0.1, -0.05) is 19.1 Å². The largest absolute Gasteiger partial charge is 0.378 e. The molecule has 3 N–H and O–H groups in total. The number of rotatable bonds is 7. The molecule has 7 heteroatoms. The highest BCUT2D eigenvalue weighted by molar-refractivity contribution is 5.94. The summed E-state index contributed by atoms with van der Waals surface area (Å²) in [5.74, 6) is -0.0996. The number of ether oxygens (including phenoxy) is 1. The highest BCUT2D eigenvalue weighted by atomic mass is 35.5. The Hall–Kier alpha value is -1.63. The van der Waals surface area contributed by atoms with Crippen molar-refractivity contribution in [3.8, 4) is 0 Å². The lowest BCUT2D eigenvalue weighted by Gasteiger charge is -2.23. The first-order valence-corrected chi connectivity index (χ1v) is 8.14. The van der Waals surface area contributed by atoms with Crippen LogP contribution in [0.2, 0.25) is 0 Å². The summed E-state index contributed by atoms with van der Waals surface area (Å²) in [7, 11) is 0. The molecular formula is C17H26ClN3O3. The van der Waals surface area contributed by atoms with Gasteiger partial charge in [0.25, 0.3) is 5.91 Å². The van der Waals surface area contributed by atoms with E-state index in [1.54, 1.807) is 6.07 Å². The molecule has 1 saturated heterocycles. The number of amides is 2. The lowest BCUT2D eigenvalue weighted by Crippen LogP contribution is -2.44. The molecule has 2 rings (SSSR count). The van der Waals surface area contributed by atoms with Gasteiger partial charge in [-0.3, -0.25) is 9.59 Å². The molecule has 2 amide bonds. The van der Waals surface area contributed by atoms with Crippen molar-refractivity contribution in [1.29, 1.82) is 0 Å². The molecule has 0 saturated carbocycles. The first kappa shape index (κ1) is 20.4. The second-order valence-corrected chi connectivity index (χ2v) is 5.66. The van der Waals surface area contributed by atoms with Crippen LogP contribution in [0.5, 0.6) is 0 Å². The monoisotopic (exact) mass is 355 g/mol. The van der Waals surface area contributed by atoms with Crippen molar-refractivity contribution in [3.63, 3.8) is 0 Å². The molecule has 24 heavy (non-hydrogen) atoms. The van der Waals surface area contributed by atoms with Crippen LogP contribution in [0.15, 0.2) is 24.3 Å². The molecule has 1 aromatic rings. The first-order chi connectivity index (χ1) is 11.2. The Labute approximate surface area is 149 Å². The zero-order chi connectivity index (χ0) is 16.5. The summed E-state index contributed by atoms with van der Waals surface area (Å²) in [6.07, 6.45) is 1.30. The topological polar surface area (TPSA) is 79.5 Å². The number of nitrogens with one attached hydrogen (secondary N) is 3. The van der Waals surface area contributed by atoms with Gasteiger partial charge in [-0.05, 0) is 24.1 Å². The van der Waals surface area contributed by atoms with Crippen LogP contribution in [0, 0.1) is 0 Å². The standard InChI is InChI=1S/C17H25N3O3.ClH/c1-2-6-19-17(22)14-5-3-4-13(9-14)11-20-16(21)10-15-12-23-8-7-18-15;/h3-5,9,15,18H,2,6-8,10-12H2,1H3,(H,19,22)(H,20,21);1H. The molecule has 0 spiro atoms. The fourth-order valence-electron chi connectivity index (χ4n) is 2.41. The Morgan fingerprint density at radius 1 is 1.33 bits per heavy atom. The van der Waals surface area contributed by atoms with Crippen LogP contribution in [-0.2, 0) is 16.1 Å². The van der Waals surface area contributed by atoms with Crippen molar-refractivity contribution in [1.82, 2.24) is 16.0 Å². The van der Waals surface area contributed by atoms with E-state index in [1.165, 1.54) is 0 Å². The number of benzene rings is 1. The predicted molar refractivity (Wildman–Crippen MR) is 95.4 cm³/mol. The number of morpholine rings is 1. The van der Waals surface area contributed by atoms with Crippen LogP contribution in [0.3, 0.4) is 0 Å². The van der Waals surface area contributed by atoms with Gasteiger partial charge >= 0.3 is 0 Å². The smallest absolute Gasteiger partial charge is 0.251 e. The Morgan fingerprint density at radius 2 is 2.17 bits per heavy atom. The van der Waals surface area contributed by atoms with Gasteiger partial charge in [-0.15, -0.1) is 12.4 Å². The maximum absolute atomic E-state index is 12.0. The van der Waals surface area contributed by atoms with Gasteiger partial charge in [0.15, 0.2) is 0 Å². The number of carbonyl (C=O) groups excluding carboxylic acids is 2. The second kappa shape index (κ2) is 11.0. The van der Waals surface area contributed by atoms with Crippen molar-refractivity contribution in [3.05, 3.63) is 35.4 Å². The molecule has 0 aliphatic carbocycles. The van der Waals surface area contributed by atoms with E-state index in [2.05, 4.69) is 16.0 Å². The van der Waals surface area contributed by atoms with E-state index in [9.17, 15) is 9.59 Å². The van der Waals surface area contributed by atoms with Crippen LogP contribution in [0.4, 0.5) is 0 Å². The van der Waals surface area contributed by atoms with Crippen LogP contribution in [0.1, 0.15) is 35.7 Å². The van der Waals surface area contributed by atoms with Crippen LogP contribution >= 0.6 is 12.4 Å². The van der Waals surface area contributed by atoms with E-state index < -0.39 is 0 Å². The van der Waals surface area contributed by atoms with Crippen molar-refractivity contribution in [2.45, 2.75) is 32.4 Å². The minimum atomic E-state index is -0.0800. The fraction of sp³-hybridized carbons (Fsp3) is 0.529. The van der Waals surface area contributed by atoms with Crippen molar-refractivity contribution >= 4 is 24.2 Å². The van der Waals surface area contributed by atoms with Crippen LogP contribution in [-0.4, -0.2) is 44.2 Å². The average Bonchev–Trinajstić information content (AvgIpc) is 2.59. The maximum atomic E-state index is 12.0.